The number of ether oxygens (including phenoxy) is 3. The molecule has 2 aromatic rings. The molecule has 0 N–H and O–H groups in total. The van der Waals surface area contributed by atoms with Gasteiger partial charge in [0.2, 0.25) is 5.88 Å². The first-order valence-corrected chi connectivity index (χ1v) is 7.85. The second kappa shape index (κ2) is 8.76. The summed E-state index contributed by atoms with van der Waals surface area (Å²) in [5.41, 5.74) is 1.80. The summed E-state index contributed by atoms with van der Waals surface area (Å²) < 4.78 is 17.4. The Bertz CT molecular complexity index is 693. The molecule has 24 heavy (non-hydrogen) atoms. The zero-order chi connectivity index (χ0) is 17.4. The van der Waals surface area contributed by atoms with Gasteiger partial charge in [-0.3, -0.25) is 0 Å². The Morgan fingerprint density at radius 3 is 2.58 bits per heavy atom. The molecule has 0 aliphatic rings. The Morgan fingerprint density at radius 1 is 1.21 bits per heavy atom. The molecule has 128 valence electrons. The zero-order valence-corrected chi connectivity index (χ0v) is 14.2. The van der Waals surface area contributed by atoms with E-state index in [9.17, 15) is 4.79 Å². The molecule has 0 aliphatic heterocycles. The molecule has 1 heterocycles. The number of rotatable bonds is 8. The molecule has 0 atom stereocenters. The van der Waals surface area contributed by atoms with Crippen molar-refractivity contribution >= 4 is 12.0 Å². The van der Waals surface area contributed by atoms with Crippen LogP contribution >= 0.6 is 0 Å². The van der Waals surface area contributed by atoms with Crippen LogP contribution in [0.25, 0.3) is 6.08 Å². The lowest BCUT2D eigenvalue weighted by molar-refractivity contribution is 0.0518. The van der Waals surface area contributed by atoms with Crippen molar-refractivity contribution in [2.24, 2.45) is 0 Å². The second-order valence-corrected chi connectivity index (χ2v) is 4.89. The maximum Gasteiger partial charge on any atom is 0.359 e. The molecule has 1 aromatic heterocycles. The monoisotopic (exact) mass is 330 g/mol. The number of esters is 1. The van der Waals surface area contributed by atoms with Crippen LogP contribution < -0.4 is 4.74 Å². The highest BCUT2D eigenvalue weighted by Gasteiger charge is 2.23. The zero-order valence-electron chi connectivity index (χ0n) is 14.2. The minimum absolute atomic E-state index is 0.209. The normalized spacial score (nSPS) is 10.8. The van der Waals surface area contributed by atoms with Crippen molar-refractivity contribution in [1.82, 2.24) is 9.78 Å². The van der Waals surface area contributed by atoms with Crippen LogP contribution in [0.4, 0.5) is 0 Å². The van der Waals surface area contributed by atoms with Gasteiger partial charge >= 0.3 is 5.97 Å². The van der Waals surface area contributed by atoms with Crippen LogP contribution in [-0.2, 0) is 16.0 Å². The van der Waals surface area contributed by atoms with Gasteiger partial charge in [-0.25, -0.2) is 9.48 Å². The molecule has 0 fully saturated rings. The summed E-state index contributed by atoms with van der Waals surface area (Å²) in [5, 5.41) is 4.38. The number of methoxy groups -OCH3 is 1. The third-order valence-corrected chi connectivity index (χ3v) is 3.28. The number of benzene rings is 1. The molecule has 0 aliphatic carbocycles. The standard InChI is InChI=1S/C18H22N2O4/c1-4-23-12-11-15-16(18(21)24-5-2)19-20(17(15)22-3)13-14-9-7-6-8-10-14/h6-12H,4-5,13H2,1-3H3/b12-11+. The van der Waals surface area contributed by atoms with Gasteiger partial charge in [0.1, 0.15) is 0 Å². The molecule has 0 spiro atoms. The van der Waals surface area contributed by atoms with E-state index in [0.717, 1.165) is 5.56 Å². The topological polar surface area (TPSA) is 62.6 Å². The third kappa shape index (κ3) is 4.16. The summed E-state index contributed by atoms with van der Waals surface area (Å²) in [6.45, 7) is 4.93. The van der Waals surface area contributed by atoms with Crippen molar-refractivity contribution in [3.05, 3.63) is 53.4 Å². The van der Waals surface area contributed by atoms with Crippen LogP contribution in [0.3, 0.4) is 0 Å². The van der Waals surface area contributed by atoms with E-state index in [4.69, 9.17) is 14.2 Å². The number of hydrogen-bond donors (Lipinski definition) is 0. The first kappa shape index (κ1) is 17.6. The summed E-state index contributed by atoms with van der Waals surface area (Å²) in [7, 11) is 1.55. The number of carbonyl (C=O) groups excluding carboxylic acids is 1. The number of carbonyl (C=O) groups is 1. The number of aromatic nitrogens is 2. The maximum atomic E-state index is 12.2. The summed E-state index contributed by atoms with van der Waals surface area (Å²) >= 11 is 0. The number of nitrogens with zero attached hydrogens (tertiary/aromatic N) is 2. The van der Waals surface area contributed by atoms with Crippen LogP contribution in [0.5, 0.6) is 5.88 Å². The largest absolute Gasteiger partial charge is 0.501 e. The molecular weight excluding hydrogens is 308 g/mol. The van der Waals surface area contributed by atoms with E-state index >= 15 is 0 Å². The molecule has 2 rings (SSSR count). The molecule has 1 aromatic carbocycles. The third-order valence-electron chi connectivity index (χ3n) is 3.28. The highest BCUT2D eigenvalue weighted by atomic mass is 16.5. The van der Waals surface area contributed by atoms with E-state index in [-0.39, 0.29) is 12.3 Å². The number of hydrogen-bond acceptors (Lipinski definition) is 5. The van der Waals surface area contributed by atoms with Gasteiger partial charge in [0.05, 0.1) is 38.7 Å². The van der Waals surface area contributed by atoms with Gasteiger partial charge in [-0.05, 0) is 25.5 Å². The molecule has 6 heteroatoms. The van der Waals surface area contributed by atoms with Gasteiger partial charge in [0.25, 0.3) is 0 Å². The maximum absolute atomic E-state index is 12.2. The molecule has 0 radical (unpaired) electrons. The average Bonchev–Trinajstić information content (AvgIpc) is 2.94. The smallest absolute Gasteiger partial charge is 0.359 e. The van der Waals surface area contributed by atoms with Crippen molar-refractivity contribution in [3.8, 4) is 5.88 Å². The van der Waals surface area contributed by atoms with Crippen molar-refractivity contribution in [2.75, 3.05) is 20.3 Å². The fraction of sp³-hybridized carbons (Fsp3) is 0.333. The lowest BCUT2D eigenvalue weighted by atomic mass is 10.2. The van der Waals surface area contributed by atoms with E-state index in [0.29, 0.717) is 24.6 Å². The molecule has 0 saturated heterocycles. The van der Waals surface area contributed by atoms with Gasteiger partial charge in [0, 0.05) is 0 Å². The molecular formula is C18H22N2O4. The Kier molecular flexibility index (Phi) is 6.42. The predicted molar refractivity (Wildman–Crippen MR) is 90.9 cm³/mol. The van der Waals surface area contributed by atoms with Crippen LogP contribution in [0.1, 0.15) is 35.5 Å². The van der Waals surface area contributed by atoms with E-state index in [1.807, 2.05) is 37.3 Å². The van der Waals surface area contributed by atoms with E-state index < -0.39 is 5.97 Å². The predicted octanol–water partition coefficient (Wildman–Crippen LogP) is 3.12. The van der Waals surface area contributed by atoms with Crippen molar-refractivity contribution in [2.45, 2.75) is 20.4 Å². The van der Waals surface area contributed by atoms with Gasteiger partial charge in [-0.1, -0.05) is 30.3 Å². The van der Waals surface area contributed by atoms with Gasteiger partial charge in [0.15, 0.2) is 5.69 Å². The SMILES string of the molecule is CCO/C=C/c1c(C(=O)OCC)nn(Cc2ccccc2)c1OC. The lowest BCUT2D eigenvalue weighted by Crippen LogP contribution is -2.08. The molecule has 6 nitrogen and oxygen atoms in total. The van der Waals surface area contributed by atoms with Crippen LogP contribution in [0, 0.1) is 0 Å². The molecule has 0 saturated carbocycles. The van der Waals surface area contributed by atoms with E-state index in [2.05, 4.69) is 5.10 Å². The first-order chi connectivity index (χ1) is 11.7. The fourth-order valence-electron chi connectivity index (χ4n) is 2.25. The van der Waals surface area contributed by atoms with Crippen molar-refractivity contribution in [3.63, 3.8) is 0 Å². The van der Waals surface area contributed by atoms with Gasteiger partial charge in [-0.2, -0.15) is 5.10 Å². The summed E-state index contributed by atoms with van der Waals surface area (Å²) in [4.78, 5) is 12.2. The lowest BCUT2D eigenvalue weighted by Gasteiger charge is -2.06. The van der Waals surface area contributed by atoms with Crippen LogP contribution in [0.15, 0.2) is 36.6 Å². The van der Waals surface area contributed by atoms with Gasteiger partial charge < -0.3 is 14.2 Å². The second-order valence-electron chi connectivity index (χ2n) is 4.89. The highest BCUT2D eigenvalue weighted by molar-refractivity contribution is 5.92. The Labute approximate surface area is 141 Å². The van der Waals surface area contributed by atoms with Crippen LogP contribution in [0.2, 0.25) is 0 Å². The highest BCUT2D eigenvalue weighted by Crippen LogP contribution is 2.26. The average molecular weight is 330 g/mol. The fourth-order valence-corrected chi connectivity index (χ4v) is 2.25. The summed E-state index contributed by atoms with van der Waals surface area (Å²) in [6, 6.07) is 9.83. The van der Waals surface area contributed by atoms with E-state index in [1.165, 1.54) is 6.26 Å². The minimum atomic E-state index is -0.487. The Balaban J connectivity index is 2.43. The molecule has 0 unspecified atom stereocenters. The van der Waals surface area contributed by atoms with E-state index in [1.54, 1.807) is 24.8 Å². The minimum Gasteiger partial charge on any atom is -0.501 e. The Hall–Kier alpha value is -2.76. The quantitative estimate of drug-likeness (QED) is 0.550. The first-order valence-electron chi connectivity index (χ1n) is 7.85. The molecule has 0 amide bonds. The van der Waals surface area contributed by atoms with Crippen molar-refractivity contribution < 1.29 is 19.0 Å². The van der Waals surface area contributed by atoms with Gasteiger partial charge in [-0.15, -0.1) is 0 Å². The van der Waals surface area contributed by atoms with Crippen LogP contribution in [-0.4, -0.2) is 36.1 Å². The summed E-state index contributed by atoms with van der Waals surface area (Å²) in [6.07, 6.45) is 3.19. The summed E-state index contributed by atoms with van der Waals surface area (Å²) in [5.74, 6) is -0.00313. The molecule has 0 bridgehead atoms. The van der Waals surface area contributed by atoms with Crippen molar-refractivity contribution in [1.29, 1.82) is 0 Å². The Morgan fingerprint density at radius 2 is 1.96 bits per heavy atom.